The highest BCUT2D eigenvalue weighted by atomic mass is 16.8. The van der Waals surface area contributed by atoms with E-state index in [9.17, 15) is 76.7 Å². The highest BCUT2D eigenvalue weighted by Gasteiger charge is 2.63. The van der Waals surface area contributed by atoms with Crippen LogP contribution < -0.4 is 0 Å². The van der Waals surface area contributed by atoms with Crippen molar-refractivity contribution >= 4 is 95.5 Å². The third-order valence-corrected chi connectivity index (χ3v) is 18.7. The van der Waals surface area contributed by atoms with Crippen LogP contribution in [-0.4, -0.2) is 289 Å². The van der Waals surface area contributed by atoms with Gasteiger partial charge in [0.15, 0.2) is 111 Å². The molecule has 0 bridgehead atoms. The number of esters is 16. The molecule has 0 radical (unpaired) electrons. The molecule has 0 aromatic heterocycles. The maximum atomic E-state index is 14.7. The average molecular weight is 1760 g/mol. The number of hydrogen-bond donors (Lipinski definition) is 0. The third-order valence-electron chi connectivity index (χ3n) is 18.7. The molecule has 42 nitrogen and oxygen atoms in total. The highest BCUT2D eigenvalue weighted by molar-refractivity contribution is 5.92. The van der Waals surface area contributed by atoms with Gasteiger partial charge in [-0.1, -0.05) is 72.8 Å². The first kappa shape index (κ1) is 96.8. The van der Waals surface area contributed by atoms with Gasteiger partial charge in [0.1, 0.15) is 62.5 Å². The molecule has 5 aliphatic heterocycles. The molecule has 678 valence electrons. The van der Waals surface area contributed by atoms with Gasteiger partial charge in [0.05, 0.1) is 35.5 Å². The summed E-state index contributed by atoms with van der Waals surface area (Å²) in [6.45, 7) is 6.25. The molecule has 5 saturated heterocycles. The number of carbonyl (C=O) groups is 16. The quantitative estimate of drug-likeness (QED) is 0.0479. The molecule has 0 aliphatic carbocycles. The monoisotopic (exact) mass is 1760 g/mol. The fourth-order valence-electron chi connectivity index (χ4n) is 13.9. The van der Waals surface area contributed by atoms with Gasteiger partial charge in [-0.3, -0.25) is 57.5 Å². The van der Waals surface area contributed by atoms with Gasteiger partial charge in [-0.05, 0) is 48.5 Å². The second kappa shape index (κ2) is 45.6. The minimum Gasteiger partial charge on any atom is -0.463 e. The van der Waals surface area contributed by atoms with Crippen molar-refractivity contribution in [1.29, 1.82) is 0 Å². The van der Waals surface area contributed by atoms with Gasteiger partial charge in [0.25, 0.3) is 0 Å². The first-order valence-electron chi connectivity index (χ1n) is 38.8. The molecule has 25 atom stereocenters. The van der Waals surface area contributed by atoms with Gasteiger partial charge in [0.2, 0.25) is 0 Å². The largest absolute Gasteiger partial charge is 0.463 e. The molecule has 42 heteroatoms. The van der Waals surface area contributed by atoms with Crippen LogP contribution in [0.15, 0.2) is 121 Å². The molecule has 0 amide bonds. The summed E-state index contributed by atoms with van der Waals surface area (Å²) >= 11 is 0. The van der Waals surface area contributed by atoms with Gasteiger partial charge in [0, 0.05) is 90.2 Å². The number of rotatable bonds is 34. The van der Waals surface area contributed by atoms with E-state index in [0.29, 0.717) is 0 Å². The van der Waals surface area contributed by atoms with E-state index in [1.807, 2.05) is 0 Å². The number of ether oxygens (including phenoxy) is 26. The molecule has 0 unspecified atom stereocenters. The molecule has 0 spiro atoms. The molecule has 5 aliphatic rings. The summed E-state index contributed by atoms with van der Waals surface area (Å²) in [6, 6.07) is 29.6. The van der Waals surface area contributed by atoms with E-state index < -0.39 is 282 Å². The molecule has 9 rings (SSSR count). The van der Waals surface area contributed by atoms with Crippen LogP contribution in [0.25, 0.3) is 0 Å². The smallest absolute Gasteiger partial charge is 0.338 e. The van der Waals surface area contributed by atoms with Gasteiger partial charge in [-0.15, -0.1) is 0 Å². The lowest BCUT2D eigenvalue weighted by molar-refractivity contribution is -0.386. The van der Waals surface area contributed by atoms with Crippen LogP contribution >= 0.6 is 0 Å². The van der Waals surface area contributed by atoms with Crippen LogP contribution in [0.1, 0.15) is 125 Å². The third kappa shape index (κ3) is 27.3. The second-order valence-corrected chi connectivity index (χ2v) is 28.3. The van der Waals surface area contributed by atoms with Crippen molar-refractivity contribution in [2.24, 2.45) is 0 Å². The van der Waals surface area contributed by atoms with Crippen molar-refractivity contribution < 1.29 is 200 Å². The van der Waals surface area contributed by atoms with E-state index in [4.69, 9.17) is 123 Å². The normalized spacial score (nSPS) is 29.3. The molecule has 5 heterocycles. The fraction of sp³-hybridized carbons (Fsp3) is 0.518. The van der Waals surface area contributed by atoms with Crippen LogP contribution in [0.3, 0.4) is 0 Å². The van der Waals surface area contributed by atoms with Crippen molar-refractivity contribution in [3.63, 3.8) is 0 Å². The summed E-state index contributed by atoms with van der Waals surface area (Å²) < 4.78 is 158. The number of benzene rings is 4. The maximum absolute atomic E-state index is 14.7. The molecule has 4 aromatic rings. The zero-order chi connectivity index (χ0) is 91.0. The van der Waals surface area contributed by atoms with Crippen LogP contribution in [-0.2, 0) is 181 Å². The Morgan fingerprint density at radius 2 is 0.424 bits per heavy atom. The minimum atomic E-state index is -2.48. The summed E-state index contributed by atoms with van der Waals surface area (Å²) in [5.74, 6) is -17.5. The van der Waals surface area contributed by atoms with Gasteiger partial charge < -0.3 is 123 Å². The van der Waals surface area contributed by atoms with Crippen molar-refractivity contribution in [3.8, 4) is 0 Å². The summed E-state index contributed by atoms with van der Waals surface area (Å²) in [5, 5.41) is 0. The van der Waals surface area contributed by atoms with E-state index >= 15 is 0 Å². The lowest BCUT2D eigenvalue weighted by Gasteiger charge is -2.51. The zero-order valence-electron chi connectivity index (χ0n) is 69.7. The van der Waals surface area contributed by atoms with E-state index in [-0.39, 0.29) is 22.3 Å². The predicted octanol–water partition coefficient (Wildman–Crippen LogP) is 3.04. The van der Waals surface area contributed by atoms with Crippen molar-refractivity contribution in [3.05, 3.63) is 144 Å². The summed E-state index contributed by atoms with van der Waals surface area (Å²) in [5.41, 5.74) is -0.239. The molecule has 0 N–H and O–H groups in total. The zero-order valence-corrected chi connectivity index (χ0v) is 69.7. The predicted molar refractivity (Wildman–Crippen MR) is 404 cm³/mol. The lowest BCUT2D eigenvalue weighted by atomic mass is 9.94. The highest BCUT2D eigenvalue weighted by Crippen LogP contribution is 2.41. The first-order valence-corrected chi connectivity index (χ1v) is 38.8. The molecule has 5 fully saturated rings. The lowest BCUT2D eigenvalue weighted by Crippen LogP contribution is -2.69. The van der Waals surface area contributed by atoms with E-state index in [2.05, 4.69) is 0 Å². The standard InChI is InChI=1S/C83H94O42/c1-39(84)101-34-55-60(106-41(3)86)65(110-45(7)90)71(113-48(10)93)80(117-55)104-38-59-63(109-44(6)89)69(125-82-73(114-49(11)94)66(111-46(8)91)61(107-42(4)87)56(119-82)35-102-40(2)85)74(115-50(12)95)83(120-59)124-68-62(108-43(5)88)58(116-79(100-13)70(68)112-47(9)92)37-105-81-72(123-78(99)54-32-24-17-25-33-54)67(122-77(98)53-30-22-16-23-31-53)64(121-76(97)52-28-20-15-21-29-52)57(118-81)36-103-75(96)51-26-18-14-19-27-51/h14-33,55-74,79-83H,34-38H2,1-13H3/t55-,56-,57-,58-,59-,60-,61-,62-,63-,64-,65+,66+,67+,68+,69+,70+,71+,72+,73+,74+,79+,80+,81+,82-,83-/m1/s1. The fourth-order valence-corrected chi connectivity index (χ4v) is 13.9. The summed E-state index contributed by atoms with van der Waals surface area (Å²) in [4.78, 5) is 217. The Balaban J connectivity index is 1.22. The van der Waals surface area contributed by atoms with Crippen LogP contribution in [0.4, 0.5) is 0 Å². The van der Waals surface area contributed by atoms with Crippen LogP contribution in [0, 0.1) is 0 Å². The minimum absolute atomic E-state index is 0.0256. The maximum Gasteiger partial charge on any atom is 0.338 e. The molecule has 125 heavy (non-hydrogen) atoms. The Bertz CT molecular complexity index is 4430. The number of carbonyl (C=O) groups excluding carboxylic acids is 16. The molecule has 4 aromatic carbocycles. The Hall–Kier alpha value is -12.0. The van der Waals surface area contributed by atoms with Crippen molar-refractivity contribution in [2.45, 2.75) is 237 Å². The average Bonchev–Trinajstić information content (AvgIpc) is 0.758. The Kier molecular flexibility index (Phi) is 35.3. The Morgan fingerprint density at radius 3 is 0.736 bits per heavy atom. The van der Waals surface area contributed by atoms with Crippen LogP contribution in [0.2, 0.25) is 0 Å². The molecule has 0 saturated carbocycles. The first-order chi connectivity index (χ1) is 59.5. The number of hydrogen-bond acceptors (Lipinski definition) is 42. The van der Waals surface area contributed by atoms with E-state index in [1.165, 1.54) is 97.1 Å². The topological polar surface area (TPSA) is 513 Å². The summed E-state index contributed by atoms with van der Waals surface area (Å²) in [6.07, 6.45) is -51.5. The van der Waals surface area contributed by atoms with Gasteiger partial charge in [-0.2, -0.15) is 0 Å². The van der Waals surface area contributed by atoms with Crippen LogP contribution in [0.5, 0.6) is 0 Å². The van der Waals surface area contributed by atoms with Gasteiger partial charge in [-0.25, -0.2) is 19.2 Å². The van der Waals surface area contributed by atoms with Gasteiger partial charge >= 0.3 is 95.5 Å². The Labute approximate surface area is 713 Å². The Morgan fingerprint density at radius 1 is 0.216 bits per heavy atom. The van der Waals surface area contributed by atoms with Crippen molar-refractivity contribution in [1.82, 2.24) is 0 Å². The van der Waals surface area contributed by atoms with E-state index in [1.54, 1.807) is 24.3 Å². The van der Waals surface area contributed by atoms with E-state index in [0.717, 1.165) is 90.2 Å². The molecular formula is C83H94O42. The van der Waals surface area contributed by atoms with Crippen molar-refractivity contribution in [2.75, 3.05) is 40.1 Å². The summed E-state index contributed by atoms with van der Waals surface area (Å²) in [7, 11) is 1.04. The SMILES string of the molecule is CO[C@H]1O[C@H](CO[C@H]2O[C@H](COC(=O)c3ccccc3)[C@@H](OC(=O)c3ccccc3)[C@H](OC(=O)c3ccccc3)[C@@H]2OC(=O)c2ccccc2)[C@@H](OC(C)=O)[C@H](O[C@H]2O[C@H](CO[C@H]3O[C@H](COC(C)=O)[C@@H](OC(C)=O)[C@H](OC(C)=O)[C@@H]3OC(C)=O)[C@@H](OC(C)=O)[C@H](O[C@H]3O[C@H](COC(C)=O)[C@@H](OC(C)=O)[C@H](OC(C)=O)[C@@H]3OC(C)=O)[C@@H]2OC(C)=O)[C@@H]1OC(C)=O. The number of methoxy groups -OCH3 is 1. The molecular weight excluding hydrogens is 1670 g/mol. The second-order valence-electron chi connectivity index (χ2n) is 28.3.